The van der Waals surface area contributed by atoms with Crippen molar-refractivity contribution < 1.29 is 14.3 Å². The molecule has 2 heterocycles. The highest BCUT2D eigenvalue weighted by Crippen LogP contribution is 2.32. The van der Waals surface area contributed by atoms with Gasteiger partial charge in [-0.15, -0.1) is 0 Å². The highest BCUT2D eigenvalue weighted by molar-refractivity contribution is 5.83. The smallest absolute Gasteiger partial charge is 0.315 e. The Morgan fingerprint density at radius 3 is 2.12 bits per heavy atom. The molecule has 0 atom stereocenters. The summed E-state index contributed by atoms with van der Waals surface area (Å²) in [6.07, 6.45) is 8.91. The van der Waals surface area contributed by atoms with Gasteiger partial charge in [0.1, 0.15) is 0 Å². The molecule has 0 bridgehead atoms. The molecule has 0 spiro atoms. The van der Waals surface area contributed by atoms with E-state index in [-0.39, 0.29) is 18.0 Å². The summed E-state index contributed by atoms with van der Waals surface area (Å²) < 4.78 is 5.41. The van der Waals surface area contributed by atoms with Gasteiger partial charge < -0.3 is 26.0 Å². The van der Waals surface area contributed by atoms with E-state index < -0.39 is 5.41 Å². The van der Waals surface area contributed by atoms with E-state index in [1.165, 1.54) is 19.3 Å². The molecular weight excluding hydrogens is 332 g/mol. The molecule has 0 aromatic carbocycles. The van der Waals surface area contributed by atoms with Gasteiger partial charge in [0.15, 0.2) is 0 Å². The topological polar surface area (TPSA) is 96.7 Å². The third-order valence-corrected chi connectivity index (χ3v) is 6.35. The summed E-state index contributed by atoms with van der Waals surface area (Å²) in [6.45, 7) is 2.99. The second-order valence-corrected chi connectivity index (χ2v) is 8.12. The second-order valence-electron chi connectivity index (χ2n) is 8.12. The van der Waals surface area contributed by atoms with E-state index in [0.29, 0.717) is 51.7 Å². The van der Waals surface area contributed by atoms with Crippen LogP contribution in [0.1, 0.15) is 57.8 Å². The second kappa shape index (κ2) is 9.04. The maximum Gasteiger partial charge on any atom is 0.315 e. The minimum atomic E-state index is -0.448. The molecule has 0 aromatic rings. The van der Waals surface area contributed by atoms with E-state index in [9.17, 15) is 9.59 Å². The molecule has 3 fully saturated rings. The highest BCUT2D eigenvalue weighted by Gasteiger charge is 2.42. The van der Waals surface area contributed by atoms with Gasteiger partial charge in [-0.1, -0.05) is 19.3 Å². The fraction of sp³-hybridized carbons (Fsp3) is 0.895. The Labute approximate surface area is 156 Å². The van der Waals surface area contributed by atoms with Crippen molar-refractivity contribution in [3.8, 4) is 0 Å². The minimum absolute atomic E-state index is 0.0514. The molecule has 3 amide bonds. The molecular formula is C19H34N4O3. The first-order valence-corrected chi connectivity index (χ1v) is 10.3. The van der Waals surface area contributed by atoms with Crippen molar-refractivity contribution in [2.75, 3.05) is 32.8 Å². The van der Waals surface area contributed by atoms with Gasteiger partial charge in [0.05, 0.1) is 5.41 Å². The number of hydrogen-bond acceptors (Lipinski definition) is 4. The van der Waals surface area contributed by atoms with Crippen molar-refractivity contribution in [2.24, 2.45) is 11.1 Å². The van der Waals surface area contributed by atoms with E-state index in [4.69, 9.17) is 10.5 Å². The molecule has 1 aliphatic carbocycles. The number of ether oxygens (including phenoxy) is 1. The van der Waals surface area contributed by atoms with Crippen LogP contribution in [0, 0.1) is 5.41 Å². The number of hydrogen-bond donors (Lipinski definition) is 3. The number of piperidine rings is 1. The lowest BCUT2D eigenvalue weighted by atomic mass is 9.78. The van der Waals surface area contributed by atoms with Crippen LogP contribution in [0.15, 0.2) is 0 Å². The molecule has 0 radical (unpaired) electrons. The molecule has 148 valence electrons. The van der Waals surface area contributed by atoms with Crippen LogP contribution in [0.5, 0.6) is 0 Å². The van der Waals surface area contributed by atoms with Gasteiger partial charge in [-0.2, -0.15) is 0 Å². The molecule has 0 aromatic heterocycles. The van der Waals surface area contributed by atoms with Crippen LogP contribution < -0.4 is 16.4 Å². The Morgan fingerprint density at radius 2 is 1.54 bits per heavy atom. The molecule has 7 heteroatoms. The van der Waals surface area contributed by atoms with Crippen molar-refractivity contribution in [3.63, 3.8) is 0 Å². The molecule has 3 aliphatic rings. The Morgan fingerprint density at radius 1 is 0.962 bits per heavy atom. The minimum Gasteiger partial charge on any atom is -0.381 e. The SMILES string of the molecule is NCC1(C(=O)N2CCC(NC(=O)NC3CCCCC3)CC2)CCOCC1. The number of nitrogens with zero attached hydrogens (tertiary/aromatic N) is 1. The van der Waals surface area contributed by atoms with Gasteiger partial charge in [0.2, 0.25) is 5.91 Å². The van der Waals surface area contributed by atoms with Gasteiger partial charge >= 0.3 is 6.03 Å². The lowest BCUT2D eigenvalue weighted by molar-refractivity contribution is -0.148. The molecule has 3 rings (SSSR count). The summed E-state index contributed by atoms with van der Waals surface area (Å²) in [5.74, 6) is 0.174. The van der Waals surface area contributed by atoms with E-state index in [1.54, 1.807) is 0 Å². The first-order valence-electron chi connectivity index (χ1n) is 10.3. The van der Waals surface area contributed by atoms with Crippen LogP contribution in [0.4, 0.5) is 4.79 Å². The largest absolute Gasteiger partial charge is 0.381 e. The van der Waals surface area contributed by atoms with Gasteiger partial charge in [0.25, 0.3) is 0 Å². The van der Waals surface area contributed by atoms with Crippen LogP contribution >= 0.6 is 0 Å². The molecule has 2 aliphatic heterocycles. The van der Waals surface area contributed by atoms with E-state index >= 15 is 0 Å². The van der Waals surface area contributed by atoms with Gasteiger partial charge in [-0.25, -0.2) is 4.79 Å². The predicted octanol–water partition coefficient (Wildman–Crippen LogP) is 1.36. The Bertz CT molecular complexity index is 479. The van der Waals surface area contributed by atoms with Gasteiger partial charge in [0, 0.05) is 44.9 Å². The zero-order valence-corrected chi connectivity index (χ0v) is 15.8. The first kappa shape index (κ1) is 19.4. The number of likely N-dealkylation sites (tertiary alicyclic amines) is 1. The molecule has 2 saturated heterocycles. The lowest BCUT2D eigenvalue weighted by Gasteiger charge is -2.41. The molecule has 7 nitrogen and oxygen atoms in total. The normalized spacial score (nSPS) is 24.9. The van der Waals surface area contributed by atoms with E-state index in [0.717, 1.165) is 25.7 Å². The zero-order valence-electron chi connectivity index (χ0n) is 15.8. The number of rotatable bonds is 4. The van der Waals surface area contributed by atoms with E-state index in [2.05, 4.69) is 10.6 Å². The third kappa shape index (κ3) is 4.68. The Kier molecular flexibility index (Phi) is 6.75. The average Bonchev–Trinajstić information content (AvgIpc) is 2.69. The predicted molar refractivity (Wildman–Crippen MR) is 99.7 cm³/mol. The number of amides is 3. The summed E-state index contributed by atoms with van der Waals surface area (Å²) in [4.78, 5) is 27.1. The standard InChI is InChI=1S/C19H34N4O3/c20-14-19(8-12-26-13-9-19)17(24)23-10-6-16(7-11-23)22-18(25)21-15-4-2-1-3-5-15/h15-16H,1-14,20H2,(H2,21,22,25). The number of carbonyl (C=O) groups is 2. The maximum absolute atomic E-state index is 13.0. The molecule has 26 heavy (non-hydrogen) atoms. The monoisotopic (exact) mass is 366 g/mol. The maximum atomic E-state index is 13.0. The summed E-state index contributed by atoms with van der Waals surface area (Å²) in [6, 6.07) is 0.416. The summed E-state index contributed by atoms with van der Waals surface area (Å²) >= 11 is 0. The summed E-state index contributed by atoms with van der Waals surface area (Å²) in [5.41, 5.74) is 5.51. The van der Waals surface area contributed by atoms with Crippen LogP contribution in [-0.2, 0) is 9.53 Å². The number of nitrogens with two attached hydrogens (primary N) is 1. The first-order chi connectivity index (χ1) is 12.6. The molecule has 4 N–H and O–H groups in total. The van der Waals surface area contributed by atoms with Crippen molar-refractivity contribution in [3.05, 3.63) is 0 Å². The van der Waals surface area contributed by atoms with Crippen molar-refractivity contribution in [1.82, 2.24) is 15.5 Å². The summed E-state index contributed by atoms with van der Waals surface area (Å²) in [5, 5.41) is 6.20. The molecule has 1 saturated carbocycles. The van der Waals surface area contributed by atoms with Crippen LogP contribution in [0.3, 0.4) is 0 Å². The van der Waals surface area contributed by atoms with Crippen molar-refractivity contribution in [1.29, 1.82) is 0 Å². The van der Waals surface area contributed by atoms with Crippen molar-refractivity contribution in [2.45, 2.75) is 69.9 Å². The average molecular weight is 367 g/mol. The lowest BCUT2D eigenvalue weighted by Crippen LogP contribution is -2.55. The quantitative estimate of drug-likeness (QED) is 0.700. The molecule has 0 unspecified atom stereocenters. The number of carbonyl (C=O) groups excluding carboxylic acids is 2. The number of nitrogens with one attached hydrogen (secondary N) is 2. The summed E-state index contributed by atoms with van der Waals surface area (Å²) in [7, 11) is 0. The third-order valence-electron chi connectivity index (χ3n) is 6.35. The Hall–Kier alpha value is -1.34. The van der Waals surface area contributed by atoms with E-state index in [1.807, 2.05) is 4.90 Å². The zero-order chi connectivity index (χ0) is 18.4. The Balaban J connectivity index is 1.43. The van der Waals surface area contributed by atoms with Crippen molar-refractivity contribution >= 4 is 11.9 Å². The number of urea groups is 1. The van der Waals surface area contributed by atoms with Crippen LogP contribution in [0.25, 0.3) is 0 Å². The van der Waals surface area contributed by atoms with Crippen LogP contribution in [-0.4, -0.2) is 61.8 Å². The highest BCUT2D eigenvalue weighted by atomic mass is 16.5. The fourth-order valence-electron chi connectivity index (χ4n) is 4.49. The van der Waals surface area contributed by atoms with Gasteiger partial charge in [-0.3, -0.25) is 4.79 Å². The fourth-order valence-corrected chi connectivity index (χ4v) is 4.49. The van der Waals surface area contributed by atoms with Crippen LogP contribution in [0.2, 0.25) is 0 Å². The van der Waals surface area contributed by atoms with Gasteiger partial charge in [-0.05, 0) is 38.5 Å².